The normalized spacial score (nSPS) is 10.0. The number of nitrogens with zero attached hydrogens (tertiary/aromatic N) is 4. The molecule has 2 rings (SSSR count). The number of hydrogen-bond acceptors (Lipinski definition) is 4. The van der Waals surface area contributed by atoms with Crippen LogP contribution in [-0.2, 0) is 0 Å². The summed E-state index contributed by atoms with van der Waals surface area (Å²) in [5.41, 5.74) is 0.723. The van der Waals surface area contributed by atoms with Crippen LogP contribution in [0.2, 0.25) is 0 Å². The fourth-order valence-electron chi connectivity index (χ4n) is 1.10. The molecule has 1 aromatic heterocycles. The number of hydrogen-bond donors (Lipinski definition) is 0. The van der Waals surface area contributed by atoms with E-state index in [4.69, 9.17) is 0 Å². The van der Waals surface area contributed by atoms with Crippen molar-refractivity contribution in [2.24, 2.45) is 0 Å². The minimum Gasteiger partial charge on any atom is -0.288 e. The highest BCUT2D eigenvalue weighted by atomic mass is 16.6. The van der Waals surface area contributed by atoms with Crippen LogP contribution in [0.3, 0.4) is 0 Å². The maximum absolute atomic E-state index is 10.5. The van der Waals surface area contributed by atoms with E-state index < -0.39 is 4.92 Å². The zero-order valence-electron chi connectivity index (χ0n) is 7.07. The fraction of sp³-hybridized carbons (Fsp3) is 0. The van der Waals surface area contributed by atoms with Crippen LogP contribution in [0.4, 0.5) is 5.69 Å². The van der Waals surface area contributed by atoms with Gasteiger partial charge in [0.05, 0.1) is 10.6 Å². The summed E-state index contributed by atoms with van der Waals surface area (Å²) in [7, 11) is 0. The number of nitro benzene ring substituents is 1. The van der Waals surface area contributed by atoms with Gasteiger partial charge in [-0.15, -0.1) is 10.2 Å². The van der Waals surface area contributed by atoms with E-state index >= 15 is 0 Å². The largest absolute Gasteiger partial charge is 0.288 e. The fourth-order valence-corrected chi connectivity index (χ4v) is 1.10. The second-order valence-electron chi connectivity index (χ2n) is 2.65. The van der Waals surface area contributed by atoms with Gasteiger partial charge in [0.1, 0.15) is 12.7 Å². The number of rotatable bonds is 2. The highest BCUT2D eigenvalue weighted by Gasteiger charge is 2.06. The SMILES string of the molecule is O=[N+]([O-])c1cccc(-n2cnnc2)c1. The maximum atomic E-state index is 10.5. The first-order chi connectivity index (χ1) is 6.77. The first kappa shape index (κ1) is 8.36. The average molecular weight is 190 g/mol. The van der Waals surface area contributed by atoms with Gasteiger partial charge in [-0.2, -0.15) is 0 Å². The lowest BCUT2D eigenvalue weighted by Gasteiger charge is -1.99. The summed E-state index contributed by atoms with van der Waals surface area (Å²) in [6, 6.07) is 6.26. The molecule has 6 nitrogen and oxygen atoms in total. The van der Waals surface area contributed by atoms with E-state index in [9.17, 15) is 10.1 Å². The second-order valence-corrected chi connectivity index (χ2v) is 2.65. The van der Waals surface area contributed by atoms with E-state index in [2.05, 4.69) is 10.2 Å². The van der Waals surface area contributed by atoms with Gasteiger partial charge in [0.15, 0.2) is 0 Å². The summed E-state index contributed by atoms with van der Waals surface area (Å²) < 4.78 is 1.60. The van der Waals surface area contributed by atoms with Gasteiger partial charge < -0.3 is 0 Å². The molecule has 0 spiro atoms. The Bertz CT molecular complexity index is 452. The van der Waals surface area contributed by atoms with Crippen molar-refractivity contribution < 1.29 is 4.92 Å². The van der Waals surface area contributed by atoms with E-state index in [-0.39, 0.29) is 5.69 Å². The molecule has 1 heterocycles. The van der Waals surface area contributed by atoms with Gasteiger partial charge in [0.25, 0.3) is 5.69 Å². The highest BCUT2D eigenvalue weighted by Crippen LogP contribution is 2.15. The summed E-state index contributed by atoms with van der Waals surface area (Å²) in [6.07, 6.45) is 2.97. The first-order valence-corrected chi connectivity index (χ1v) is 3.87. The van der Waals surface area contributed by atoms with Crippen LogP contribution in [0.15, 0.2) is 36.9 Å². The van der Waals surface area contributed by atoms with Crippen molar-refractivity contribution in [1.29, 1.82) is 0 Å². The standard InChI is InChI=1S/C8H6N4O2/c13-12(14)8-3-1-2-7(4-8)11-5-9-10-6-11/h1-6H. The minimum absolute atomic E-state index is 0.0520. The van der Waals surface area contributed by atoms with Crippen molar-refractivity contribution in [3.05, 3.63) is 47.0 Å². The van der Waals surface area contributed by atoms with Crippen molar-refractivity contribution in [2.75, 3.05) is 0 Å². The van der Waals surface area contributed by atoms with E-state index in [0.29, 0.717) is 5.69 Å². The molecule has 0 bridgehead atoms. The summed E-state index contributed by atoms with van der Waals surface area (Å²) in [5, 5.41) is 17.7. The average Bonchev–Trinajstić information content (AvgIpc) is 2.71. The Hall–Kier alpha value is -2.24. The molecule has 0 fully saturated rings. The van der Waals surface area contributed by atoms with E-state index in [1.54, 1.807) is 16.7 Å². The van der Waals surface area contributed by atoms with Crippen LogP contribution in [0.5, 0.6) is 0 Å². The zero-order valence-corrected chi connectivity index (χ0v) is 7.07. The molecule has 0 N–H and O–H groups in total. The third kappa shape index (κ3) is 1.45. The van der Waals surface area contributed by atoms with Gasteiger partial charge in [0.2, 0.25) is 0 Å². The van der Waals surface area contributed by atoms with Crippen molar-refractivity contribution in [3.63, 3.8) is 0 Å². The van der Waals surface area contributed by atoms with E-state index in [1.807, 2.05) is 0 Å². The van der Waals surface area contributed by atoms with Gasteiger partial charge >= 0.3 is 0 Å². The molecule has 6 heteroatoms. The summed E-state index contributed by atoms with van der Waals surface area (Å²) >= 11 is 0. The zero-order chi connectivity index (χ0) is 9.97. The van der Waals surface area contributed by atoms with Crippen molar-refractivity contribution in [3.8, 4) is 5.69 Å². The molecule has 0 atom stereocenters. The molecule has 0 radical (unpaired) electrons. The molecular weight excluding hydrogens is 184 g/mol. The lowest BCUT2D eigenvalue weighted by atomic mass is 10.3. The Morgan fingerprint density at radius 3 is 2.64 bits per heavy atom. The van der Waals surface area contributed by atoms with Crippen LogP contribution in [0, 0.1) is 10.1 Å². The number of aromatic nitrogens is 3. The second kappa shape index (κ2) is 3.25. The Balaban J connectivity index is 2.46. The quantitative estimate of drug-likeness (QED) is 0.526. The molecular formula is C8H6N4O2. The third-order valence-electron chi connectivity index (χ3n) is 1.76. The van der Waals surface area contributed by atoms with Gasteiger partial charge in [-0.25, -0.2) is 0 Å². The molecule has 0 aliphatic carbocycles. The predicted octanol–water partition coefficient (Wildman–Crippen LogP) is 1.18. The third-order valence-corrected chi connectivity index (χ3v) is 1.76. The first-order valence-electron chi connectivity index (χ1n) is 3.87. The van der Waals surface area contributed by atoms with Gasteiger partial charge in [0, 0.05) is 12.1 Å². The summed E-state index contributed by atoms with van der Waals surface area (Å²) in [4.78, 5) is 10.1. The smallest absolute Gasteiger partial charge is 0.271 e. The Labute approximate surface area is 79.0 Å². The Kier molecular flexibility index (Phi) is 1.94. The van der Waals surface area contributed by atoms with Crippen LogP contribution >= 0.6 is 0 Å². The van der Waals surface area contributed by atoms with Crippen LogP contribution in [-0.4, -0.2) is 19.7 Å². The highest BCUT2D eigenvalue weighted by molar-refractivity contribution is 5.42. The molecule has 70 valence electrons. The van der Waals surface area contributed by atoms with Crippen LogP contribution in [0.25, 0.3) is 5.69 Å². The van der Waals surface area contributed by atoms with Crippen LogP contribution in [0.1, 0.15) is 0 Å². The monoisotopic (exact) mass is 190 g/mol. The number of benzene rings is 1. The molecule has 1 aromatic carbocycles. The number of nitro groups is 1. The summed E-state index contributed by atoms with van der Waals surface area (Å²) in [6.45, 7) is 0. The molecule has 0 unspecified atom stereocenters. The van der Waals surface area contributed by atoms with Crippen molar-refractivity contribution >= 4 is 5.69 Å². The van der Waals surface area contributed by atoms with E-state index in [0.717, 1.165) is 0 Å². The topological polar surface area (TPSA) is 73.8 Å². The van der Waals surface area contributed by atoms with Crippen LogP contribution < -0.4 is 0 Å². The van der Waals surface area contributed by atoms with Gasteiger partial charge in [-0.3, -0.25) is 14.7 Å². The molecule has 0 aliphatic rings. The van der Waals surface area contributed by atoms with E-state index in [1.165, 1.54) is 24.8 Å². The molecule has 0 saturated heterocycles. The lowest BCUT2D eigenvalue weighted by molar-refractivity contribution is -0.384. The summed E-state index contributed by atoms with van der Waals surface area (Å²) in [5.74, 6) is 0. The number of non-ortho nitro benzene ring substituents is 1. The molecule has 0 saturated carbocycles. The Morgan fingerprint density at radius 2 is 2.00 bits per heavy atom. The lowest BCUT2D eigenvalue weighted by Crippen LogP contribution is -1.93. The van der Waals surface area contributed by atoms with Gasteiger partial charge in [-0.05, 0) is 6.07 Å². The molecule has 2 aromatic rings. The van der Waals surface area contributed by atoms with Gasteiger partial charge in [-0.1, -0.05) is 6.07 Å². The maximum Gasteiger partial charge on any atom is 0.271 e. The molecule has 0 aliphatic heterocycles. The Morgan fingerprint density at radius 1 is 1.29 bits per heavy atom. The van der Waals surface area contributed by atoms with Crippen molar-refractivity contribution in [1.82, 2.24) is 14.8 Å². The predicted molar refractivity (Wildman–Crippen MR) is 48.0 cm³/mol. The molecule has 14 heavy (non-hydrogen) atoms. The minimum atomic E-state index is -0.437. The van der Waals surface area contributed by atoms with Crippen molar-refractivity contribution in [2.45, 2.75) is 0 Å². The molecule has 0 amide bonds.